The molecule has 6 heteroatoms. The normalized spacial score (nSPS) is 17.4. The Hall–Kier alpha value is -2.60. The molecule has 2 N–H and O–H groups in total. The van der Waals surface area contributed by atoms with Gasteiger partial charge in [-0.2, -0.15) is 5.10 Å². The first kappa shape index (κ1) is 17.8. The summed E-state index contributed by atoms with van der Waals surface area (Å²) in [5, 5.41) is 8.85. The van der Waals surface area contributed by atoms with E-state index >= 15 is 0 Å². The number of hydrogen-bond donors (Lipinski definition) is 2. The second-order valence-corrected chi connectivity index (χ2v) is 7.68. The number of nitrogens with one attached hydrogen (secondary N) is 2. The van der Waals surface area contributed by atoms with Crippen molar-refractivity contribution in [1.29, 1.82) is 0 Å². The molecule has 27 heavy (non-hydrogen) atoms. The summed E-state index contributed by atoms with van der Waals surface area (Å²) in [6.07, 6.45) is 4.77. The van der Waals surface area contributed by atoms with Crippen LogP contribution in [0.4, 0.5) is 0 Å². The molecule has 1 aliphatic heterocycles. The van der Waals surface area contributed by atoms with Crippen LogP contribution in [0.15, 0.2) is 42.7 Å². The van der Waals surface area contributed by atoms with E-state index in [2.05, 4.69) is 55.3 Å². The Bertz CT molecular complexity index is 925. The molecule has 0 fully saturated rings. The van der Waals surface area contributed by atoms with Gasteiger partial charge in [0.05, 0.1) is 11.7 Å². The van der Waals surface area contributed by atoms with Gasteiger partial charge in [0, 0.05) is 55.4 Å². The number of aromatic nitrogens is 3. The SMILES string of the molecule is CC(C)C(=O)NCC[C@@H]1CN(Cc2cccc3[nH]ccc23)Cc2ccnn21. The van der Waals surface area contributed by atoms with Crippen molar-refractivity contribution in [2.45, 2.75) is 39.4 Å². The fraction of sp³-hybridized carbons (Fsp3) is 0.429. The predicted octanol–water partition coefficient (Wildman–Crippen LogP) is 3.08. The monoisotopic (exact) mass is 365 g/mol. The standard InChI is InChI=1S/C21H27N5O/c1-15(2)21(27)23-9-6-17-13-25(14-18-7-11-24-26(17)18)12-16-4-3-5-20-19(16)8-10-22-20/h3-5,7-8,10-11,15,17,22H,6,9,12-14H2,1-2H3,(H,23,27)/t17-/m1/s1. The molecule has 0 spiro atoms. The van der Waals surface area contributed by atoms with Crippen LogP contribution >= 0.6 is 0 Å². The van der Waals surface area contributed by atoms with Gasteiger partial charge in [0.2, 0.25) is 5.91 Å². The van der Waals surface area contributed by atoms with Gasteiger partial charge < -0.3 is 10.3 Å². The van der Waals surface area contributed by atoms with Crippen LogP contribution in [0.1, 0.15) is 37.6 Å². The van der Waals surface area contributed by atoms with E-state index in [1.165, 1.54) is 22.2 Å². The summed E-state index contributed by atoms with van der Waals surface area (Å²) >= 11 is 0. The Morgan fingerprint density at radius 2 is 2.22 bits per heavy atom. The van der Waals surface area contributed by atoms with Crippen LogP contribution < -0.4 is 5.32 Å². The molecule has 142 valence electrons. The summed E-state index contributed by atoms with van der Waals surface area (Å²) in [5.41, 5.74) is 3.76. The molecule has 1 atom stereocenters. The third-order valence-corrected chi connectivity index (χ3v) is 5.33. The predicted molar refractivity (Wildman–Crippen MR) is 106 cm³/mol. The third-order valence-electron chi connectivity index (χ3n) is 5.33. The third kappa shape index (κ3) is 3.76. The Labute approximate surface area is 159 Å². The fourth-order valence-electron chi connectivity index (χ4n) is 3.89. The lowest BCUT2D eigenvalue weighted by Crippen LogP contribution is -2.39. The van der Waals surface area contributed by atoms with Gasteiger partial charge in [0.1, 0.15) is 0 Å². The second-order valence-electron chi connectivity index (χ2n) is 7.68. The van der Waals surface area contributed by atoms with Gasteiger partial charge in [0.15, 0.2) is 0 Å². The van der Waals surface area contributed by atoms with Gasteiger partial charge in [-0.3, -0.25) is 14.4 Å². The van der Waals surface area contributed by atoms with Crippen molar-refractivity contribution < 1.29 is 4.79 Å². The zero-order valence-corrected chi connectivity index (χ0v) is 16.0. The molecule has 1 aromatic carbocycles. The second kappa shape index (κ2) is 7.56. The van der Waals surface area contributed by atoms with Crippen LogP contribution in [0.3, 0.4) is 0 Å². The molecule has 0 bridgehead atoms. The number of fused-ring (bicyclic) bond motifs is 2. The van der Waals surface area contributed by atoms with E-state index in [-0.39, 0.29) is 17.9 Å². The number of carbonyl (C=O) groups is 1. The van der Waals surface area contributed by atoms with Crippen molar-refractivity contribution in [3.8, 4) is 0 Å². The molecule has 0 saturated carbocycles. The summed E-state index contributed by atoms with van der Waals surface area (Å²) in [4.78, 5) is 17.6. The number of rotatable bonds is 6. The minimum Gasteiger partial charge on any atom is -0.361 e. The van der Waals surface area contributed by atoms with Crippen molar-refractivity contribution in [1.82, 2.24) is 25.0 Å². The van der Waals surface area contributed by atoms with E-state index in [9.17, 15) is 4.79 Å². The number of benzene rings is 1. The largest absolute Gasteiger partial charge is 0.361 e. The van der Waals surface area contributed by atoms with E-state index in [0.29, 0.717) is 6.54 Å². The van der Waals surface area contributed by atoms with E-state index < -0.39 is 0 Å². The lowest BCUT2D eigenvalue weighted by atomic mass is 10.1. The first-order valence-electron chi connectivity index (χ1n) is 9.69. The van der Waals surface area contributed by atoms with Gasteiger partial charge in [-0.15, -0.1) is 0 Å². The Morgan fingerprint density at radius 1 is 1.33 bits per heavy atom. The molecular weight excluding hydrogens is 338 g/mol. The van der Waals surface area contributed by atoms with Gasteiger partial charge in [-0.25, -0.2) is 0 Å². The topological polar surface area (TPSA) is 66.0 Å². The van der Waals surface area contributed by atoms with Crippen LogP contribution in [0.5, 0.6) is 0 Å². The molecule has 2 aromatic heterocycles. The molecule has 0 saturated heterocycles. The van der Waals surface area contributed by atoms with Gasteiger partial charge in [-0.1, -0.05) is 26.0 Å². The number of H-pyrrole nitrogens is 1. The minimum absolute atomic E-state index is 0.0231. The molecule has 1 amide bonds. The van der Waals surface area contributed by atoms with Gasteiger partial charge >= 0.3 is 0 Å². The highest BCUT2D eigenvalue weighted by molar-refractivity contribution is 5.82. The molecule has 3 aromatic rings. The van der Waals surface area contributed by atoms with E-state index in [1.54, 1.807) is 0 Å². The fourth-order valence-corrected chi connectivity index (χ4v) is 3.89. The average Bonchev–Trinajstić information content (AvgIpc) is 3.30. The molecule has 3 heterocycles. The number of hydrogen-bond acceptors (Lipinski definition) is 3. The summed E-state index contributed by atoms with van der Waals surface area (Å²) < 4.78 is 2.13. The maximum absolute atomic E-state index is 11.8. The average molecular weight is 365 g/mol. The van der Waals surface area contributed by atoms with E-state index in [4.69, 9.17) is 0 Å². The lowest BCUT2D eigenvalue weighted by molar-refractivity contribution is -0.124. The first-order valence-corrected chi connectivity index (χ1v) is 9.69. The highest BCUT2D eigenvalue weighted by Gasteiger charge is 2.25. The molecule has 0 radical (unpaired) electrons. The van der Waals surface area contributed by atoms with Crippen LogP contribution in [0, 0.1) is 5.92 Å². The van der Waals surface area contributed by atoms with Gasteiger partial charge in [0.25, 0.3) is 0 Å². The van der Waals surface area contributed by atoms with E-state index in [1.807, 2.05) is 26.2 Å². The first-order chi connectivity index (χ1) is 13.1. The number of nitrogens with zero attached hydrogens (tertiary/aromatic N) is 3. The maximum atomic E-state index is 11.8. The molecule has 6 nitrogen and oxygen atoms in total. The van der Waals surface area contributed by atoms with Crippen molar-refractivity contribution in [3.63, 3.8) is 0 Å². The van der Waals surface area contributed by atoms with Gasteiger partial charge in [-0.05, 0) is 30.2 Å². The minimum atomic E-state index is 0.0231. The smallest absolute Gasteiger partial charge is 0.222 e. The molecule has 0 unspecified atom stereocenters. The van der Waals surface area contributed by atoms with Crippen molar-refractivity contribution in [2.24, 2.45) is 5.92 Å². The molecule has 0 aliphatic carbocycles. The van der Waals surface area contributed by atoms with Crippen LogP contribution in [0.2, 0.25) is 0 Å². The molecule has 1 aliphatic rings. The van der Waals surface area contributed by atoms with Crippen molar-refractivity contribution in [2.75, 3.05) is 13.1 Å². The van der Waals surface area contributed by atoms with Crippen LogP contribution in [-0.4, -0.2) is 38.7 Å². The number of carbonyl (C=O) groups excluding carboxylic acids is 1. The van der Waals surface area contributed by atoms with Crippen molar-refractivity contribution in [3.05, 3.63) is 54.0 Å². The number of aromatic amines is 1. The lowest BCUT2D eigenvalue weighted by Gasteiger charge is -2.34. The zero-order chi connectivity index (χ0) is 18.8. The summed E-state index contributed by atoms with van der Waals surface area (Å²) in [6, 6.07) is 11.0. The summed E-state index contributed by atoms with van der Waals surface area (Å²) in [5.74, 6) is 0.137. The summed E-state index contributed by atoms with van der Waals surface area (Å²) in [7, 11) is 0. The Balaban J connectivity index is 1.46. The quantitative estimate of drug-likeness (QED) is 0.705. The molecular formula is C21H27N5O. The van der Waals surface area contributed by atoms with Crippen molar-refractivity contribution >= 4 is 16.8 Å². The Kier molecular flexibility index (Phi) is 4.99. The Morgan fingerprint density at radius 3 is 3.07 bits per heavy atom. The highest BCUT2D eigenvalue weighted by Crippen LogP contribution is 2.26. The van der Waals surface area contributed by atoms with E-state index in [0.717, 1.165) is 26.1 Å². The van der Waals surface area contributed by atoms with Crippen LogP contribution in [-0.2, 0) is 17.9 Å². The maximum Gasteiger partial charge on any atom is 0.222 e. The van der Waals surface area contributed by atoms with Crippen LogP contribution in [0.25, 0.3) is 10.9 Å². The zero-order valence-electron chi connectivity index (χ0n) is 16.0. The highest BCUT2D eigenvalue weighted by atomic mass is 16.1. The number of amides is 1. The molecule has 4 rings (SSSR count). The summed E-state index contributed by atoms with van der Waals surface area (Å²) in [6.45, 7) is 7.27.